The first-order valence-corrected chi connectivity index (χ1v) is 5.42. The first kappa shape index (κ1) is 7.70. The van der Waals surface area contributed by atoms with Crippen LogP contribution >= 0.6 is 11.5 Å². The van der Waals surface area contributed by atoms with Crippen LogP contribution in [0, 0.1) is 5.92 Å². The van der Waals surface area contributed by atoms with Gasteiger partial charge in [-0.1, -0.05) is 0 Å². The number of nitrogens with two attached hydrogens (primary N) is 1. The number of hydrogen-bond acceptors (Lipinski definition) is 5. The SMILES string of the molecule is Nc1nsc(C2CN3CCC2C3)n1. The van der Waals surface area contributed by atoms with Crippen molar-refractivity contribution < 1.29 is 0 Å². The number of fused-ring (bicyclic) bond motifs is 2. The molecule has 0 aliphatic carbocycles. The van der Waals surface area contributed by atoms with Gasteiger partial charge in [0.05, 0.1) is 0 Å². The molecule has 0 spiro atoms. The number of rotatable bonds is 1. The van der Waals surface area contributed by atoms with E-state index in [1.165, 1.54) is 37.6 Å². The summed E-state index contributed by atoms with van der Waals surface area (Å²) in [6, 6.07) is 0. The molecular formula is C8H12N4S. The average Bonchev–Trinajstić information content (AvgIpc) is 2.77. The Bertz CT molecular complexity index is 324. The van der Waals surface area contributed by atoms with E-state index in [0.717, 1.165) is 10.9 Å². The molecule has 70 valence electrons. The van der Waals surface area contributed by atoms with Gasteiger partial charge in [0.25, 0.3) is 0 Å². The fourth-order valence-corrected chi connectivity index (χ4v) is 3.23. The van der Waals surface area contributed by atoms with Crippen molar-refractivity contribution >= 4 is 17.5 Å². The minimum absolute atomic E-state index is 0.442. The number of anilines is 1. The van der Waals surface area contributed by atoms with Crippen molar-refractivity contribution in [2.45, 2.75) is 12.3 Å². The molecule has 2 bridgehead atoms. The lowest BCUT2D eigenvalue weighted by molar-refractivity contribution is 0.346. The van der Waals surface area contributed by atoms with Gasteiger partial charge in [0, 0.05) is 19.0 Å². The topological polar surface area (TPSA) is 55.0 Å². The Morgan fingerprint density at radius 2 is 2.38 bits per heavy atom. The van der Waals surface area contributed by atoms with Crippen LogP contribution in [0.25, 0.3) is 0 Å². The Morgan fingerprint density at radius 1 is 1.46 bits per heavy atom. The standard InChI is InChI=1S/C8H12N4S/c9-8-10-7(13-11-8)6-4-12-2-1-5(6)3-12/h5-6H,1-4H2,(H2,9,11). The van der Waals surface area contributed by atoms with Crippen molar-refractivity contribution in [3.8, 4) is 0 Å². The van der Waals surface area contributed by atoms with E-state index in [1.54, 1.807) is 0 Å². The molecule has 3 rings (SSSR count). The molecule has 4 nitrogen and oxygen atoms in total. The maximum Gasteiger partial charge on any atom is 0.232 e. The highest BCUT2D eigenvalue weighted by Crippen LogP contribution is 2.40. The van der Waals surface area contributed by atoms with Gasteiger partial charge >= 0.3 is 0 Å². The number of aromatic nitrogens is 2. The summed E-state index contributed by atoms with van der Waals surface area (Å²) >= 11 is 1.47. The van der Waals surface area contributed by atoms with E-state index in [4.69, 9.17) is 5.73 Å². The Kier molecular flexibility index (Phi) is 1.57. The second-order valence-electron chi connectivity index (χ2n) is 3.91. The predicted molar refractivity (Wildman–Crippen MR) is 51.6 cm³/mol. The molecular weight excluding hydrogens is 184 g/mol. The van der Waals surface area contributed by atoms with Crippen LogP contribution in [0.1, 0.15) is 17.3 Å². The lowest BCUT2D eigenvalue weighted by Gasteiger charge is -2.18. The molecule has 3 heterocycles. The zero-order chi connectivity index (χ0) is 8.84. The molecule has 2 N–H and O–H groups in total. The summed E-state index contributed by atoms with van der Waals surface area (Å²) in [6.45, 7) is 3.69. The van der Waals surface area contributed by atoms with E-state index in [9.17, 15) is 0 Å². The van der Waals surface area contributed by atoms with Crippen molar-refractivity contribution in [3.63, 3.8) is 0 Å². The highest BCUT2D eigenvalue weighted by atomic mass is 32.1. The smallest absolute Gasteiger partial charge is 0.232 e. The van der Waals surface area contributed by atoms with E-state index in [2.05, 4.69) is 14.3 Å². The van der Waals surface area contributed by atoms with Gasteiger partial charge in [-0.05, 0) is 30.4 Å². The molecule has 13 heavy (non-hydrogen) atoms. The van der Waals surface area contributed by atoms with E-state index < -0.39 is 0 Å². The van der Waals surface area contributed by atoms with Crippen LogP contribution in [0.15, 0.2) is 0 Å². The summed E-state index contributed by atoms with van der Waals surface area (Å²) in [5.41, 5.74) is 5.52. The van der Waals surface area contributed by atoms with Gasteiger partial charge in [0.15, 0.2) is 0 Å². The third-order valence-corrected chi connectivity index (χ3v) is 3.97. The first-order chi connectivity index (χ1) is 6.33. The van der Waals surface area contributed by atoms with E-state index in [-0.39, 0.29) is 0 Å². The molecule has 3 unspecified atom stereocenters. The summed E-state index contributed by atoms with van der Waals surface area (Å²) in [6.07, 6.45) is 1.32. The molecule has 2 saturated heterocycles. The van der Waals surface area contributed by atoms with Crippen LogP contribution in [0.3, 0.4) is 0 Å². The van der Waals surface area contributed by atoms with Crippen LogP contribution in [-0.2, 0) is 0 Å². The van der Waals surface area contributed by atoms with Gasteiger partial charge in [-0.3, -0.25) is 0 Å². The molecule has 0 aromatic carbocycles. The van der Waals surface area contributed by atoms with Crippen molar-refractivity contribution in [2.24, 2.45) is 5.92 Å². The van der Waals surface area contributed by atoms with Crippen LogP contribution in [0.2, 0.25) is 0 Å². The normalized spacial score (nSPS) is 37.1. The molecule has 0 amide bonds. The van der Waals surface area contributed by atoms with Gasteiger partial charge in [0.2, 0.25) is 5.95 Å². The van der Waals surface area contributed by atoms with Gasteiger partial charge in [-0.2, -0.15) is 4.37 Å². The van der Waals surface area contributed by atoms with Crippen LogP contribution < -0.4 is 5.73 Å². The zero-order valence-electron chi connectivity index (χ0n) is 7.31. The van der Waals surface area contributed by atoms with Crippen LogP contribution in [0.5, 0.6) is 0 Å². The molecule has 3 atom stereocenters. The second kappa shape index (κ2) is 2.65. The lowest BCUT2D eigenvalue weighted by Crippen LogP contribution is -2.22. The Morgan fingerprint density at radius 3 is 2.92 bits per heavy atom. The summed E-state index contributed by atoms with van der Waals surface area (Å²) < 4.78 is 4.03. The van der Waals surface area contributed by atoms with E-state index >= 15 is 0 Å². The minimum Gasteiger partial charge on any atom is -0.367 e. The predicted octanol–water partition coefficient (Wildman–Crippen LogP) is 0.539. The first-order valence-electron chi connectivity index (χ1n) is 4.64. The van der Waals surface area contributed by atoms with Crippen molar-refractivity contribution in [1.29, 1.82) is 0 Å². The Labute approximate surface area is 80.9 Å². The maximum atomic E-state index is 5.52. The summed E-state index contributed by atoms with van der Waals surface area (Å²) in [5, 5.41) is 1.14. The highest BCUT2D eigenvalue weighted by Gasteiger charge is 2.40. The van der Waals surface area contributed by atoms with Gasteiger partial charge in [-0.15, -0.1) is 0 Å². The molecule has 2 fully saturated rings. The largest absolute Gasteiger partial charge is 0.367 e. The zero-order valence-corrected chi connectivity index (χ0v) is 8.13. The third-order valence-electron chi connectivity index (χ3n) is 3.11. The molecule has 5 heteroatoms. The molecule has 0 radical (unpaired) electrons. The Balaban J connectivity index is 1.87. The second-order valence-corrected chi connectivity index (χ2v) is 4.69. The number of nitrogen functional groups attached to an aromatic ring is 1. The lowest BCUT2D eigenvalue weighted by atomic mass is 9.93. The van der Waals surface area contributed by atoms with Crippen molar-refractivity contribution in [2.75, 3.05) is 25.4 Å². The third kappa shape index (κ3) is 1.14. The van der Waals surface area contributed by atoms with Gasteiger partial charge < -0.3 is 10.6 Å². The maximum absolute atomic E-state index is 5.52. The summed E-state index contributed by atoms with van der Waals surface area (Å²) in [5.74, 6) is 1.87. The molecule has 1 aromatic heterocycles. The minimum atomic E-state index is 0.442. The highest BCUT2D eigenvalue weighted by molar-refractivity contribution is 7.05. The fourth-order valence-electron chi connectivity index (χ4n) is 2.46. The summed E-state index contributed by atoms with van der Waals surface area (Å²) in [4.78, 5) is 6.78. The van der Waals surface area contributed by atoms with E-state index in [1.807, 2.05) is 0 Å². The molecule has 0 saturated carbocycles. The van der Waals surface area contributed by atoms with Gasteiger partial charge in [-0.25, -0.2) is 4.98 Å². The number of piperidine rings is 1. The average molecular weight is 196 g/mol. The number of hydrogen-bond donors (Lipinski definition) is 1. The van der Waals surface area contributed by atoms with Crippen molar-refractivity contribution in [3.05, 3.63) is 5.01 Å². The van der Waals surface area contributed by atoms with E-state index in [0.29, 0.717) is 11.9 Å². The monoisotopic (exact) mass is 196 g/mol. The fraction of sp³-hybridized carbons (Fsp3) is 0.750. The quantitative estimate of drug-likeness (QED) is 0.712. The van der Waals surface area contributed by atoms with Gasteiger partial charge in [0.1, 0.15) is 5.01 Å². The Hall–Kier alpha value is -0.680. The summed E-state index contributed by atoms with van der Waals surface area (Å²) in [7, 11) is 0. The molecule has 1 aromatic rings. The van der Waals surface area contributed by atoms with Crippen LogP contribution in [0.4, 0.5) is 5.95 Å². The number of nitrogens with zero attached hydrogens (tertiary/aromatic N) is 3. The van der Waals surface area contributed by atoms with Crippen LogP contribution in [-0.4, -0.2) is 33.9 Å². The van der Waals surface area contributed by atoms with Crippen molar-refractivity contribution in [1.82, 2.24) is 14.3 Å². The molecule has 2 aliphatic heterocycles. The molecule has 2 aliphatic rings.